The molecular weight excluding hydrogens is 524 g/mol. The summed E-state index contributed by atoms with van der Waals surface area (Å²) in [5.41, 5.74) is 10.5. The molecule has 14 heteroatoms. The van der Waals surface area contributed by atoms with Gasteiger partial charge in [-0.2, -0.15) is 0 Å². The fourth-order valence-corrected chi connectivity index (χ4v) is 4.55. The lowest BCUT2D eigenvalue weighted by Crippen LogP contribution is -2.59. The van der Waals surface area contributed by atoms with Crippen LogP contribution in [0.3, 0.4) is 0 Å². The van der Waals surface area contributed by atoms with Crippen molar-refractivity contribution in [3.8, 4) is 0 Å². The van der Waals surface area contributed by atoms with Crippen molar-refractivity contribution in [1.29, 1.82) is 0 Å². The van der Waals surface area contributed by atoms with Gasteiger partial charge in [0.05, 0.1) is 6.42 Å². The first-order chi connectivity index (χ1) is 18.5. The molecule has 1 rings (SSSR count). The van der Waals surface area contributed by atoms with Crippen molar-refractivity contribution in [2.45, 2.75) is 97.3 Å². The van der Waals surface area contributed by atoms with Crippen LogP contribution in [0.15, 0.2) is 0 Å². The quantitative estimate of drug-likeness (QED) is 0.135. The highest BCUT2D eigenvalue weighted by Crippen LogP contribution is 2.20. The van der Waals surface area contributed by atoms with Crippen molar-refractivity contribution in [3.05, 3.63) is 0 Å². The zero-order valence-corrected chi connectivity index (χ0v) is 23.9. The van der Waals surface area contributed by atoms with E-state index in [1.165, 1.54) is 11.8 Å². The monoisotopic (exact) mass is 568 g/mol. The van der Waals surface area contributed by atoms with Crippen LogP contribution in [0, 0.1) is 17.8 Å². The molecule has 1 aliphatic heterocycles. The highest BCUT2D eigenvalue weighted by atomic mass is 16.4. The number of nitrogens with two attached hydrogens (primary N) is 2. The second kappa shape index (κ2) is 15.8. The van der Waals surface area contributed by atoms with Gasteiger partial charge < -0.3 is 37.4 Å². The number of rotatable bonds is 16. The SMILES string of the molecule is CC(C)C[C@H](NC(=O)[C@@H](C)CC(N)=O)C(=O)N[C@@H](CC(N)=O)C(=O)N[C@@H](CC(C)C)C(=O)N1CCC[C@H]1C(=O)O. The van der Waals surface area contributed by atoms with E-state index in [9.17, 15) is 38.7 Å². The van der Waals surface area contributed by atoms with Gasteiger partial charge in [0.15, 0.2) is 0 Å². The lowest BCUT2D eigenvalue weighted by molar-refractivity contribution is -0.149. The van der Waals surface area contributed by atoms with Gasteiger partial charge in [0.2, 0.25) is 35.4 Å². The van der Waals surface area contributed by atoms with Gasteiger partial charge >= 0.3 is 5.97 Å². The third-order valence-electron chi connectivity index (χ3n) is 6.48. The van der Waals surface area contributed by atoms with Crippen molar-refractivity contribution in [2.24, 2.45) is 29.2 Å². The van der Waals surface area contributed by atoms with E-state index in [-0.39, 0.29) is 37.6 Å². The van der Waals surface area contributed by atoms with Crippen molar-refractivity contribution in [3.63, 3.8) is 0 Å². The molecule has 14 nitrogen and oxygen atoms in total. The summed E-state index contributed by atoms with van der Waals surface area (Å²) >= 11 is 0. The van der Waals surface area contributed by atoms with E-state index < -0.39 is 77.9 Å². The maximum atomic E-state index is 13.3. The average Bonchev–Trinajstić information content (AvgIpc) is 3.31. The molecule has 226 valence electrons. The Bertz CT molecular complexity index is 969. The highest BCUT2D eigenvalue weighted by Gasteiger charge is 2.39. The molecule has 0 unspecified atom stereocenters. The molecule has 0 aromatic heterocycles. The van der Waals surface area contributed by atoms with Gasteiger partial charge in [-0.3, -0.25) is 28.8 Å². The van der Waals surface area contributed by atoms with E-state index in [4.69, 9.17) is 11.5 Å². The smallest absolute Gasteiger partial charge is 0.326 e. The molecule has 8 N–H and O–H groups in total. The molecule has 0 bridgehead atoms. The second-order valence-corrected chi connectivity index (χ2v) is 11.2. The van der Waals surface area contributed by atoms with Crippen LogP contribution in [0.2, 0.25) is 0 Å². The van der Waals surface area contributed by atoms with Crippen LogP contribution in [-0.4, -0.2) is 82.1 Å². The van der Waals surface area contributed by atoms with Gasteiger partial charge in [0.1, 0.15) is 24.2 Å². The molecule has 0 spiro atoms. The van der Waals surface area contributed by atoms with Crippen LogP contribution >= 0.6 is 0 Å². The highest BCUT2D eigenvalue weighted by molar-refractivity contribution is 5.97. The number of carbonyl (C=O) groups excluding carboxylic acids is 6. The number of carboxylic acids is 1. The van der Waals surface area contributed by atoms with E-state index in [1.54, 1.807) is 0 Å². The first-order valence-electron chi connectivity index (χ1n) is 13.5. The van der Waals surface area contributed by atoms with Gasteiger partial charge in [-0.25, -0.2) is 4.79 Å². The van der Waals surface area contributed by atoms with E-state index in [0.29, 0.717) is 12.8 Å². The van der Waals surface area contributed by atoms with Crippen LogP contribution in [0.1, 0.15) is 73.1 Å². The minimum atomic E-state index is -1.46. The number of hydrogen-bond donors (Lipinski definition) is 6. The van der Waals surface area contributed by atoms with Gasteiger partial charge in [-0.05, 0) is 37.5 Å². The zero-order valence-electron chi connectivity index (χ0n) is 23.9. The Morgan fingerprint density at radius 1 is 0.750 bits per heavy atom. The Morgan fingerprint density at radius 3 is 1.73 bits per heavy atom. The predicted molar refractivity (Wildman–Crippen MR) is 144 cm³/mol. The molecule has 6 amide bonds. The Kier molecular flexibility index (Phi) is 13.5. The zero-order chi connectivity index (χ0) is 30.7. The first kappa shape index (κ1) is 34.3. The van der Waals surface area contributed by atoms with E-state index in [0.717, 1.165) is 0 Å². The third-order valence-corrected chi connectivity index (χ3v) is 6.48. The van der Waals surface area contributed by atoms with E-state index in [2.05, 4.69) is 16.0 Å². The summed E-state index contributed by atoms with van der Waals surface area (Å²) in [4.78, 5) is 88.1. The molecule has 0 radical (unpaired) electrons. The molecule has 1 heterocycles. The third kappa shape index (κ3) is 11.2. The Balaban J connectivity index is 3.13. The summed E-state index contributed by atoms with van der Waals surface area (Å²) in [5, 5.41) is 17.1. The van der Waals surface area contributed by atoms with E-state index >= 15 is 0 Å². The predicted octanol–water partition coefficient (Wildman–Crippen LogP) is -1.00. The van der Waals surface area contributed by atoms with Crippen molar-refractivity contribution in [1.82, 2.24) is 20.9 Å². The lowest BCUT2D eigenvalue weighted by Gasteiger charge is -2.30. The van der Waals surface area contributed by atoms with Crippen LogP contribution in [-0.2, 0) is 33.6 Å². The van der Waals surface area contributed by atoms with Crippen LogP contribution < -0.4 is 27.4 Å². The number of hydrogen-bond acceptors (Lipinski definition) is 7. The van der Waals surface area contributed by atoms with Crippen LogP contribution in [0.25, 0.3) is 0 Å². The van der Waals surface area contributed by atoms with Gasteiger partial charge in [0, 0.05) is 18.9 Å². The summed E-state index contributed by atoms with van der Waals surface area (Å²) in [5.74, 6) is -6.38. The number of nitrogens with zero attached hydrogens (tertiary/aromatic N) is 1. The van der Waals surface area contributed by atoms with Gasteiger partial charge in [-0.1, -0.05) is 34.6 Å². The lowest BCUT2D eigenvalue weighted by atomic mass is 9.99. The summed E-state index contributed by atoms with van der Waals surface area (Å²) < 4.78 is 0. The molecule has 40 heavy (non-hydrogen) atoms. The maximum absolute atomic E-state index is 13.3. The van der Waals surface area contributed by atoms with Crippen LogP contribution in [0.5, 0.6) is 0 Å². The van der Waals surface area contributed by atoms with E-state index in [1.807, 2.05) is 27.7 Å². The Morgan fingerprint density at radius 2 is 1.23 bits per heavy atom. The Labute approximate surface area is 234 Å². The number of amides is 6. The van der Waals surface area contributed by atoms with Crippen LogP contribution in [0.4, 0.5) is 0 Å². The number of nitrogens with one attached hydrogen (secondary N) is 3. The molecular formula is C26H44N6O8. The largest absolute Gasteiger partial charge is 0.480 e. The maximum Gasteiger partial charge on any atom is 0.326 e. The topological polar surface area (TPSA) is 231 Å². The Hall–Kier alpha value is -3.71. The molecule has 1 saturated heterocycles. The molecule has 0 aromatic rings. The minimum Gasteiger partial charge on any atom is -0.480 e. The molecule has 1 fully saturated rings. The summed E-state index contributed by atoms with van der Waals surface area (Å²) in [7, 11) is 0. The molecule has 0 aromatic carbocycles. The molecule has 5 atom stereocenters. The minimum absolute atomic E-state index is 0.0541. The first-order valence-corrected chi connectivity index (χ1v) is 13.5. The average molecular weight is 569 g/mol. The molecule has 1 aliphatic rings. The summed E-state index contributed by atoms with van der Waals surface area (Å²) in [6, 6.07) is -4.66. The van der Waals surface area contributed by atoms with Crippen molar-refractivity contribution in [2.75, 3.05) is 6.54 Å². The summed E-state index contributed by atoms with van der Waals surface area (Å²) in [6.45, 7) is 9.00. The number of aliphatic carboxylic acids is 1. The van der Waals surface area contributed by atoms with Crippen molar-refractivity contribution < 1.29 is 38.7 Å². The molecule has 0 aliphatic carbocycles. The number of primary amides is 2. The second-order valence-electron chi connectivity index (χ2n) is 11.2. The summed E-state index contributed by atoms with van der Waals surface area (Å²) in [6.07, 6.45) is 0.374. The standard InChI is InChI=1S/C26H44N6O8/c1-13(2)9-16(29-22(35)15(5)11-20(27)33)23(36)30-17(12-21(28)34)24(37)31-18(10-14(3)4)25(38)32-8-6-7-19(32)26(39)40/h13-19H,6-12H2,1-5H3,(H2,27,33)(H2,28,34)(H,29,35)(H,30,36)(H,31,37)(H,39,40)/t15-,16-,17-,18-,19-/m0/s1. The fraction of sp³-hybridized carbons (Fsp3) is 0.731. The normalized spacial score (nSPS) is 18.0. The number of carboxylic acid groups (broad SMARTS) is 1. The fourth-order valence-electron chi connectivity index (χ4n) is 4.55. The van der Waals surface area contributed by atoms with Gasteiger partial charge in [0.25, 0.3) is 0 Å². The number of likely N-dealkylation sites (tertiary alicyclic amines) is 1. The molecule has 0 saturated carbocycles. The number of carbonyl (C=O) groups is 7. The van der Waals surface area contributed by atoms with Gasteiger partial charge in [-0.15, -0.1) is 0 Å². The van der Waals surface area contributed by atoms with Crippen molar-refractivity contribution >= 4 is 41.4 Å².